The average Bonchev–Trinajstić information content (AvgIpc) is 2.38. The Balaban J connectivity index is 2.28. The molecule has 0 radical (unpaired) electrons. The van der Waals surface area contributed by atoms with Gasteiger partial charge in [0, 0.05) is 16.7 Å². The Morgan fingerprint density at radius 2 is 1.95 bits per heavy atom. The molecule has 1 saturated heterocycles. The van der Waals surface area contributed by atoms with Crippen LogP contribution < -0.4 is 4.90 Å². The minimum Gasteiger partial charge on any atom is -0.465 e. The maximum atomic E-state index is 11.9. The van der Waals surface area contributed by atoms with E-state index >= 15 is 0 Å². The molecule has 104 valence electrons. The SMILES string of the molecule is COC(=O)c1ccc(I)cc1N1CCC(C)(C)CC1. The number of piperidine rings is 1. The van der Waals surface area contributed by atoms with E-state index in [4.69, 9.17) is 4.74 Å². The van der Waals surface area contributed by atoms with Crippen LogP contribution in [0.15, 0.2) is 18.2 Å². The van der Waals surface area contributed by atoms with Crippen molar-refractivity contribution in [1.29, 1.82) is 0 Å². The molecule has 1 aliphatic heterocycles. The Morgan fingerprint density at radius 3 is 2.53 bits per heavy atom. The van der Waals surface area contributed by atoms with Gasteiger partial charge in [-0.3, -0.25) is 0 Å². The largest absolute Gasteiger partial charge is 0.465 e. The van der Waals surface area contributed by atoms with Gasteiger partial charge in [0.15, 0.2) is 0 Å². The van der Waals surface area contributed by atoms with Crippen molar-refractivity contribution in [3.63, 3.8) is 0 Å². The predicted molar refractivity (Wildman–Crippen MR) is 85.7 cm³/mol. The van der Waals surface area contributed by atoms with Gasteiger partial charge in [-0.1, -0.05) is 13.8 Å². The summed E-state index contributed by atoms with van der Waals surface area (Å²) in [5.74, 6) is -0.253. The second kappa shape index (κ2) is 5.69. The fraction of sp³-hybridized carbons (Fsp3) is 0.533. The van der Waals surface area contributed by atoms with Gasteiger partial charge in [-0.05, 0) is 59.0 Å². The summed E-state index contributed by atoms with van der Waals surface area (Å²) in [7, 11) is 1.43. The number of methoxy groups -OCH3 is 1. The molecule has 0 spiro atoms. The topological polar surface area (TPSA) is 29.5 Å². The van der Waals surface area contributed by atoms with E-state index in [1.807, 2.05) is 12.1 Å². The van der Waals surface area contributed by atoms with E-state index in [-0.39, 0.29) is 5.97 Å². The first-order valence-corrected chi connectivity index (χ1v) is 7.64. The fourth-order valence-corrected chi connectivity index (χ4v) is 2.88. The summed E-state index contributed by atoms with van der Waals surface area (Å²) in [6.45, 7) is 6.61. The Bertz CT molecular complexity index is 475. The van der Waals surface area contributed by atoms with Crippen molar-refractivity contribution in [3.8, 4) is 0 Å². The summed E-state index contributed by atoms with van der Waals surface area (Å²) in [5.41, 5.74) is 2.08. The molecule has 0 aliphatic carbocycles. The highest BCUT2D eigenvalue weighted by atomic mass is 127. The van der Waals surface area contributed by atoms with Gasteiger partial charge in [-0.2, -0.15) is 0 Å². The summed E-state index contributed by atoms with van der Waals surface area (Å²) in [6, 6.07) is 5.89. The molecular formula is C15H20INO2. The van der Waals surface area contributed by atoms with Crippen molar-refractivity contribution in [2.45, 2.75) is 26.7 Å². The number of ether oxygens (including phenoxy) is 1. The molecule has 2 rings (SSSR count). The predicted octanol–water partition coefficient (Wildman–Crippen LogP) is 3.70. The maximum Gasteiger partial charge on any atom is 0.339 e. The Morgan fingerprint density at radius 1 is 1.32 bits per heavy atom. The molecule has 1 aromatic rings. The third kappa shape index (κ3) is 3.41. The zero-order chi connectivity index (χ0) is 14.0. The second-order valence-electron chi connectivity index (χ2n) is 5.80. The first-order chi connectivity index (χ1) is 8.93. The summed E-state index contributed by atoms with van der Waals surface area (Å²) >= 11 is 2.28. The van der Waals surface area contributed by atoms with Gasteiger partial charge in [0.05, 0.1) is 18.4 Å². The van der Waals surface area contributed by atoms with E-state index in [1.54, 1.807) is 0 Å². The van der Waals surface area contributed by atoms with Crippen LogP contribution in [-0.2, 0) is 4.74 Å². The maximum absolute atomic E-state index is 11.9. The molecule has 1 fully saturated rings. The molecule has 19 heavy (non-hydrogen) atoms. The van der Waals surface area contributed by atoms with E-state index in [0.29, 0.717) is 11.0 Å². The molecule has 0 unspecified atom stereocenters. The normalized spacial score (nSPS) is 18.2. The molecule has 0 aromatic heterocycles. The van der Waals surface area contributed by atoms with E-state index in [1.165, 1.54) is 7.11 Å². The van der Waals surface area contributed by atoms with Crippen LogP contribution in [-0.4, -0.2) is 26.2 Å². The summed E-state index contributed by atoms with van der Waals surface area (Å²) in [5, 5.41) is 0. The van der Waals surface area contributed by atoms with Crippen molar-refractivity contribution in [2.24, 2.45) is 5.41 Å². The summed E-state index contributed by atoms with van der Waals surface area (Å²) in [4.78, 5) is 14.2. The number of hydrogen-bond acceptors (Lipinski definition) is 3. The number of carbonyl (C=O) groups excluding carboxylic acids is 1. The number of hydrogen-bond donors (Lipinski definition) is 0. The lowest BCUT2D eigenvalue weighted by atomic mass is 9.82. The van der Waals surface area contributed by atoms with Gasteiger partial charge < -0.3 is 9.64 Å². The third-order valence-electron chi connectivity index (χ3n) is 3.82. The lowest BCUT2D eigenvalue weighted by Gasteiger charge is -2.38. The van der Waals surface area contributed by atoms with E-state index in [2.05, 4.69) is 47.4 Å². The Hall–Kier alpha value is -0.780. The highest BCUT2D eigenvalue weighted by molar-refractivity contribution is 14.1. The van der Waals surface area contributed by atoms with Gasteiger partial charge in [0.1, 0.15) is 0 Å². The molecule has 1 heterocycles. The fourth-order valence-electron chi connectivity index (χ4n) is 2.40. The molecule has 1 aromatic carbocycles. The van der Waals surface area contributed by atoms with Crippen LogP contribution >= 0.6 is 22.6 Å². The average molecular weight is 373 g/mol. The lowest BCUT2D eigenvalue weighted by molar-refractivity contribution is 0.0601. The monoisotopic (exact) mass is 373 g/mol. The molecule has 4 heteroatoms. The van der Waals surface area contributed by atoms with Crippen molar-refractivity contribution >= 4 is 34.2 Å². The van der Waals surface area contributed by atoms with Gasteiger partial charge in [-0.25, -0.2) is 4.79 Å². The van der Waals surface area contributed by atoms with Gasteiger partial charge in [0.2, 0.25) is 0 Å². The summed E-state index contributed by atoms with van der Waals surface area (Å²) < 4.78 is 6.02. The number of nitrogens with zero attached hydrogens (tertiary/aromatic N) is 1. The molecule has 1 aliphatic rings. The van der Waals surface area contributed by atoms with Crippen LogP contribution in [0.1, 0.15) is 37.0 Å². The molecule has 0 bridgehead atoms. The Kier molecular flexibility index (Phi) is 4.38. The van der Waals surface area contributed by atoms with Crippen molar-refractivity contribution in [2.75, 3.05) is 25.1 Å². The van der Waals surface area contributed by atoms with Crippen molar-refractivity contribution < 1.29 is 9.53 Å². The zero-order valence-corrected chi connectivity index (χ0v) is 13.9. The van der Waals surface area contributed by atoms with Gasteiger partial charge >= 0.3 is 5.97 Å². The lowest BCUT2D eigenvalue weighted by Crippen LogP contribution is -2.38. The molecule has 0 N–H and O–H groups in total. The second-order valence-corrected chi connectivity index (χ2v) is 7.05. The van der Waals surface area contributed by atoms with Crippen LogP contribution in [0.25, 0.3) is 0 Å². The van der Waals surface area contributed by atoms with E-state index in [0.717, 1.165) is 35.2 Å². The minimum atomic E-state index is -0.253. The first-order valence-electron chi connectivity index (χ1n) is 6.56. The smallest absolute Gasteiger partial charge is 0.339 e. The van der Waals surface area contributed by atoms with Crippen LogP contribution in [0.3, 0.4) is 0 Å². The molecule has 0 atom stereocenters. The van der Waals surface area contributed by atoms with Crippen LogP contribution in [0, 0.1) is 8.99 Å². The molecule has 0 amide bonds. The van der Waals surface area contributed by atoms with Crippen LogP contribution in [0.4, 0.5) is 5.69 Å². The zero-order valence-electron chi connectivity index (χ0n) is 11.7. The number of halogens is 1. The van der Waals surface area contributed by atoms with Crippen LogP contribution in [0.5, 0.6) is 0 Å². The first kappa shape index (κ1) is 14.6. The molecule has 0 saturated carbocycles. The number of rotatable bonds is 2. The quantitative estimate of drug-likeness (QED) is 0.585. The van der Waals surface area contributed by atoms with Crippen molar-refractivity contribution in [1.82, 2.24) is 0 Å². The molecular weight excluding hydrogens is 353 g/mol. The highest BCUT2D eigenvalue weighted by Crippen LogP contribution is 2.34. The van der Waals surface area contributed by atoms with Gasteiger partial charge in [-0.15, -0.1) is 0 Å². The molecule has 3 nitrogen and oxygen atoms in total. The van der Waals surface area contributed by atoms with E-state index in [9.17, 15) is 4.79 Å². The minimum absolute atomic E-state index is 0.253. The highest BCUT2D eigenvalue weighted by Gasteiger charge is 2.27. The van der Waals surface area contributed by atoms with Crippen LogP contribution in [0.2, 0.25) is 0 Å². The summed E-state index contributed by atoms with van der Waals surface area (Å²) in [6.07, 6.45) is 2.30. The number of esters is 1. The van der Waals surface area contributed by atoms with Crippen molar-refractivity contribution in [3.05, 3.63) is 27.3 Å². The number of benzene rings is 1. The standard InChI is InChI=1S/C15H20INO2/c1-15(2)6-8-17(9-7-15)13-10-11(16)4-5-12(13)14(18)19-3/h4-5,10H,6-9H2,1-3H3. The Labute approximate surface area is 128 Å². The number of anilines is 1. The third-order valence-corrected chi connectivity index (χ3v) is 4.49. The van der Waals surface area contributed by atoms with E-state index < -0.39 is 0 Å². The van der Waals surface area contributed by atoms with Gasteiger partial charge in [0.25, 0.3) is 0 Å². The number of carbonyl (C=O) groups is 1.